The van der Waals surface area contributed by atoms with E-state index in [9.17, 15) is 14.0 Å². The van der Waals surface area contributed by atoms with E-state index >= 15 is 0 Å². The average molecular weight is 336 g/mol. The SMILES string of the molecule is CC(C)N1CCC(C(=O)N[C@H](CC(=O)O)c2ccc(F)cc2)CC1. The fraction of sp³-hybridized carbons (Fsp3) is 0.556. The van der Waals surface area contributed by atoms with E-state index in [0.29, 0.717) is 11.6 Å². The molecule has 0 saturated carbocycles. The molecule has 2 N–H and O–H groups in total. The lowest BCUT2D eigenvalue weighted by Crippen LogP contribution is -2.44. The van der Waals surface area contributed by atoms with Gasteiger partial charge in [0.15, 0.2) is 0 Å². The van der Waals surface area contributed by atoms with Crippen LogP contribution in [0.2, 0.25) is 0 Å². The first kappa shape index (κ1) is 18.4. The molecular formula is C18H25FN2O3. The Morgan fingerprint density at radius 2 is 1.83 bits per heavy atom. The molecule has 1 aromatic rings. The smallest absolute Gasteiger partial charge is 0.305 e. The molecular weight excluding hydrogens is 311 g/mol. The highest BCUT2D eigenvalue weighted by Crippen LogP contribution is 2.22. The van der Waals surface area contributed by atoms with Crippen LogP contribution >= 0.6 is 0 Å². The lowest BCUT2D eigenvalue weighted by Gasteiger charge is -2.34. The molecule has 1 amide bonds. The molecule has 0 spiro atoms. The number of halogens is 1. The molecule has 1 aromatic carbocycles. The van der Waals surface area contributed by atoms with Gasteiger partial charge in [-0.1, -0.05) is 12.1 Å². The zero-order chi connectivity index (χ0) is 17.7. The monoisotopic (exact) mass is 336 g/mol. The largest absolute Gasteiger partial charge is 0.481 e. The number of piperidine rings is 1. The molecule has 2 rings (SSSR count). The summed E-state index contributed by atoms with van der Waals surface area (Å²) in [4.78, 5) is 25.9. The molecule has 0 aromatic heterocycles. The first-order valence-corrected chi connectivity index (χ1v) is 8.38. The van der Waals surface area contributed by atoms with E-state index in [1.165, 1.54) is 24.3 Å². The second-order valence-corrected chi connectivity index (χ2v) is 6.61. The van der Waals surface area contributed by atoms with Gasteiger partial charge < -0.3 is 15.3 Å². The molecule has 1 atom stereocenters. The van der Waals surface area contributed by atoms with Crippen LogP contribution in [0.4, 0.5) is 4.39 Å². The van der Waals surface area contributed by atoms with Gasteiger partial charge in [-0.25, -0.2) is 4.39 Å². The van der Waals surface area contributed by atoms with E-state index in [-0.39, 0.29) is 24.1 Å². The van der Waals surface area contributed by atoms with E-state index < -0.39 is 12.0 Å². The quantitative estimate of drug-likeness (QED) is 0.838. The van der Waals surface area contributed by atoms with Gasteiger partial charge in [-0.15, -0.1) is 0 Å². The topological polar surface area (TPSA) is 69.6 Å². The number of likely N-dealkylation sites (tertiary alicyclic amines) is 1. The zero-order valence-electron chi connectivity index (χ0n) is 14.2. The third-order valence-electron chi connectivity index (χ3n) is 4.60. The summed E-state index contributed by atoms with van der Waals surface area (Å²) in [6.07, 6.45) is 1.32. The maximum absolute atomic E-state index is 13.1. The number of carbonyl (C=O) groups is 2. The molecule has 1 saturated heterocycles. The Labute approximate surface area is 141 Å². The lowest BCUT2D eigenvalue weighted by atomic mass is 9.94. The number of benzene rings is 1. The maximum Gasteiger partial charge on any atom is 0.305 e. The molecule has 5 nitrogen and oxygen atoms in total. The van der Waals surface area contributed by atoms with E-state index in [1.54, 1.807) is 0 Å². The van der Waals surface area contributed by atoms with Crippen molar-refractivity contribution < 1.29 is 19.1 Å². The molecule has 0 bridgehead atoms. The number of carboxylic acid groups (broad SMARTS) is 1. The third-order valence-corrected chi connectivity index (χ3v) is 4.60. The Balaban J connectivity index is 2.00. The number of carboxylic acids is 1. The van der Waals surface area contributed by atoms with Gasteiger partial charge in [0.1, 0.15) is 5.82 Å². The maximum atomic E-state index is 13.1. The van der Waals surface area contributed by atoms with Crippen LogP contribution in [0.5, 0.6) is 0 Å². The number of carbonyl (C=O) groups excluding carboxylic acids is 1. The standard InChI is InChI=1S/C18H25FN2O3/c1-12(2)21-9-7-14(8-10-21)18(24)20-16(11-17(22)23)13-3-5-15(19)6-4-13/h3-6,12,14,16H,7-11H2,1-2H3,(H,20,24)(H,22,23)/t16-/m1/s1. The number of hydrogen-bond acceptors (Lipinski definition) is 3. The van der Waals surface area contributed by atoms with Crippen LogP contribution < -0.4 is 5.32 Å². The van der Waals surface area contributed by atoms with Crippen molar-refractivity contribution in [1.29, 1.82) is 0 Å². The number of rotatable bonds is 6. The number of amides is 1. The fourth-order valence-corrected chi connectivity index (χ4v) is 3.09. The van der Waals surface area contributed by atoms with Crippen LogP contribution in [-0.2, 0) is 9.59 Å². The normalized spacial score (nSPS) is 17.7. The van der Waals surface area contributed by atoms with Gasteiger partial charge in [-0.2, -0.15) is 0 Å². The molecule has 1 heterocycles. The van der Waals surface area contributed by atoms with Gasteiger partial charge >= 0.3 is 5.97 Å². The molecule has 0 radical (unpaired) electrons. The highest BCUT2D eigenvalue weighted by Gasteiger charge is 2.28. The van der Waals surface area contributed by atoms with Crippen molar-refractivity contribution >= 4 is 11.9 Å². The Morgan fingerprint density at radius 1 is 1.25 bits per heavy atom. The summed E-state index contributed by atoms with van der Waals surface area (Å²) >= 11 is 0. The minimum absolute atomic E-state index is 0.100. The second-order valence-electron chi connectivity index (χ2n) is 6.61. The van der Waals surface area contributed by atoms with Crippen LogP contribution in [0.1, 0.15) is 44.7 Å². The molecule has 1 aliphatic heterocycles. The Hall–Kier alpha value is -1.95. The van der Waals surface area contributed by atoms with E-state index in [1.807, 2.05) is 0 Å². The Morgan fingerprint density at radius 3 is 2.33 bits per heavy atom. The molecule has 1 fully saturated rings. The number of nitrogens with one attached hydrogen (secondary N) is 1. The van der Waals surface area contributed by atoms with Crippen molar-refractivity contribution in [3.8, 4) is 0 Å². The summed E-state index contributed by atoms with van der Waals surface area (Å²) in [6.45, 7) is 6.02. The number of nitrogens with zero attached hydrogens (tertiary/aromatic N) is 1. The minimum atomic E-state index is -1.00. The molecule has 132 valence electrons. The summed E-state index contributed by atoms with van der Waals surface area (Å²) in [6, 6.07) is 5.41. The van der Waals surface area contributed by atoms with Crippen molar-refractivity contribution in [3.63, 3.8) is 0 Å². The Bertz CT molecular complexity index is 566. The van der Waals surface area contributed by atoms with Crippen molar-refractivity contribution in [3.05, 3.63) is 35.6 Å². The van der Waals surface area contributed by atoms with Crippen molar-refractivity contribution in [1.82, 2.24) is 10.2 Å². The van der Waals surface area contributed by atoms with Crippen molar-refractivity contribution in [2.24, 2.45) is 5.92 Å². The first-order chi connectivity index (χ1) is 11.4. The van der Waals surface area contributed by atoms with Crippen LogP contribution in [-0.4, -0.2) is 41.0 Å². The van der Waals surface area contributed by atoms with E-state index in [0.717, 1.165) is 25.9 Å². The number of hydrogen-bond donors (Lipinski definition) is 2. The average Bonchev–Trinajstić information content (AvgIpc) is 2.54. The summed E-state index contributed by atoms with van der Waals surface area (Å²) in [5, 5.41) is 11.9. The summed E-state index contributed by atoms with van der Waals surface area (Å²) in [7, 11) is 0. The fourth-order valence-electron chi connectivity index (χ4n) is 3.09. The first-order valence-electron chi connectivity index (χ1n) is 8.38. The molecule has 0 aliphatic carbocycles. The van der Waals surface area contributed by atoms with E-state index in [4.69, 9.17) is 5.11 Å². The van der Waals surface area contributed by atoms with Crippen LogP contribution in [0.15, 0.2) is 24.3 Å². The molecule has 0 unspecified atom stereocenters. The van der Waals surface area contributed by atoms with Gasteiger partial charge in [0.2, 0.25) is 5.91 Å². The molecule has 1 aliphatic rings. The third kappa shape index (κ3) is 5.03. The van der Waals surface area contributed by atoms with Gasteiger partial charge in [0, 0.05) is 12.0 Å². The predicted molar refractivity (Wildman–Crippen MR) is 89.0 cm³/mol. The summed E-state index contributed by atoms with van der Waals surface area (Å²) in [5.74, 6) is -1.61. The Kier molecular flexibility index (Phi) is 6.31. The van der Waals surface area contributed by atoms with Crippen molar-refractivity contribution in [2.45, 2.75) is 45.2 Å². The van der Waals surface area contributed by atoms with Crippen LogP contribution in [0.25, 0.3) is 0 Å². The van der Waals surface area contributed by atoms with Crippen LogP contribution in [0, 0.1) is 11.7 Å². The zero-order valence-corrected chi connectivity index (χ0v) is 14.2. The van der Waals surface area contributed by atoms with E-state index in [2.05, 4.69) is 24.1 Å². The second kappa shape index (κ2) is 8.24. The molecule has 6 heteroatoms. The summed E-state index contributed by atoms with van der Waals surface area (Å²) in [5.41, 5.74) is 0.603. The molecule has 24 heavy (non-hydrogen) atoms. The van der Waals surface area contributed by atoms with Gasteiger partial charge in [0.05, 0.1) is 12.5 Å². The van der Waals surface area contributed by atoms with Crippen molar-refractivity contribution in [2.75, 3.05) is 13.1 Å². The van der Waals surface area contributed by atoms with Gasteiger partial charge in [0.25, 0.3) is 0 Å². The van der Waals surface area contributed by atoms with Gasteiger partial charge in [-0.3, -0.25) is 9.59 Å². The minimum Gasteiger partial charge on any atom is -0.481 e. The lowest BCUT2D eigenvalue weighted by molar-refractivity contribution is -0.138. The predicted octanol–water partition coefficient (Wildman–Crippen LogP) is 2.58. The van der Waals surface area contributed by atoms with Crippen LogP contribution in [0.3, 0.4) is 0 Å². The highest BCUT2D eigenvalue weighted by molar-refractivity contribution is 5.80. The highest BCUT2D eigenvalue weighted by atomic mass is 19.1. The van der Waals surface area contributed by atoms with Gasteiger partial charge in [-0.05, 0) is 57.5 Å². The number of aliphatic carboxylic acids is 1. The summed E-state index contributed by atoms with van der Waals surface area (Å²) < 4.78 is 13.1.